The number of methoxy groups -OCH3 is 1. The van der Waals surface area contributed by atoms with Crippen LogP contribution >= 0.6 is 0 Å². The standard InChI is InChI=1S/C37H37N3O4.C26H25NO4/c1-24-22-38(35(41)26-12-6-3-7-13-26)18-19-39(24)36(42)29-20-27-14-8-9-15-30(27)34-33(25-10-4-2-5-11-25)31-17-16-28(37(43)44)21-32(31)40(34)23-29;1-31-26(30)18-11-12-21-22(14-18)27-15-19(25(28)29)13-17-9-5-6-10-20(17)24(27)23(21)16-7-3-2-4-8-16/h3,6-9,12-17,20-21,24-25H,2,4-5,10-11,18-19,22-23H2,1H3,(H,43,44);5-6,9-14,16H,2-4,7-8,15H2,1H3,(H,28,29)/t24-;/m1./s1. The lowest BCUT2D eigenvalue weighted by Crippen LogP contribution is -2.55. The van der Waals surface area contributed by atoms with Crippen molar-refractivity contribution in [2.45, 2.75) is 102 Å². The number of aromatic carboxylic acids is 1. The molecular weight excluding hydrogens is 941 g/mol. The van der Waals surface area contributed by atoms with Gasteiger partial charge in [0.25, 0.3) is 11.8 Å². The van der Waals surface area contributed by atoms with Gasteiger partial charge in [-0.1, -0.05) is 117 Å². The average molecular weight is 1000 g/mol. The molecule has 1 saturated heterocycles. The summed E-state index contributed by atoms with van der Waals surface area (Å²) < 4.78 is 9.23. The number of aromatic nitrogens is 2. The summed E-state index contributed by atoms with van der Waals surface area (Å²) in [6.07, 6.45) is 15.6. The summed E-state index contributed by atoms with van der Waals surface area (Å²) in [7, 11) is 1.38. The van der Waals surface area contributed by atoms with Crippen molar-refractivity contribution in [3.63, 3.8) is 0 Å². The second kappa shape index (κ2) is 20.7. The summed E-state index contributed by atoms with van der Waals surface area (Å²) >= 11 is 0. The van der Waals surface area contributed by atoms with Crippen LogP contribution in [0.15, 0.2) is 126 Å². The van der Waals surface area contributed by atoms with Crippen LogP contribution in [0, 0.1) is 0 Å². The number of carbonyl (C=O) groups is 5. The highest BCUT2D eigenvalue weighted by molar-refractivity contribution is 6.05. The molecular formula is C63H62N4O8. The molecule has 382 valence electrons. The Morgan fingerprint density at radius 3 is 1.57 bits per heavy atom. The monoisotopic (exact) mass is 1000 g/mol. The van der Waals surface area contributed by atoms with Gasteiger partial charge in [-0.25, -0.2) is 14.4 Å². The molecule has 12 nitrogen and oxygen atoms in total. The van der Waals surface area contributed by atoms with Gasteiger partial charge in [0.15, 0.2) is 0 Å². The van der Waals surface area contributed by atoms with Crippen molar-refractivity contribution in [1.29, 1.82) is 0 Å². The van der Waals surface area contributed by atoms with Crippen LogP contribution in [0.1, 0.15) is 136 Å². The fourth-order valence-electron chi connectivity index (χ4n) is 12.8. The first kappa shape index (κ1) is 49.2. The smallest absolute Gasteiger partial charge is 0.337 e. The number of aliphatic carboxylic acids is 1. The summed E-state index contributed by atoms with van der Waals surface area (Å²) in [5, 5.41) is 21.9. The van der Waals surface area contributed by atoms with Gasteiger partial charge in [0.2, 0.25) is 0 Å². The van der Waals surface area contributed by atoms with E-state index in [4.69, 9.17) is 4.74 Å². The molecule has 75 heavy (non-hydrogen) atoms. The molecule has 12 heteroatoms. The molecule has 12 rings (SSSR count). The van der Waals surface area contributed by atoms with Gasteiger partial charge >= 0.3 is 17.9 Å². The van der Waals surface area contributed by atoms with E-state index >= 15 is 0 Å². The molecule has 2 amide bonds. The molecule has 0 bridgehead atoms. The van der Waals surface area contributed by atoms with E-state index in [0.717, 1.165) is 81.1 Å². The van der Waals surface area contributed by atoms with Crippen molar-refractivity contribution in [3.05, 3.63) is 165 Å². The van der Waals surface area contributed by atoms with Crippen LogP contribution in [0.4, 0.5) is 0 Å². The maximum absolute atomic E-state index is 14.3. The van der Waals surface area contributed by atoms with E-state index in [9.17, 15) is 34.2 Å². The van der Waals surface area contributed by atoms with E-state index in [1.54, 1.807) is 18.2 Å². The Hall–Kier alpha value is -7.99. The van der Waals surface area contributed by atoms with Gasteiger partial charge in [-0.3, -0.25) is 9.59 Å². The molecule has 3 aliphatic heterocycles. The highest BCUT2D eigenvalue weighted by Crippen LogP contribution is 2.48. The number of carboxylic acids is 2. The Bertz CT molecular complexity index is 3480. The number of hydrogen-bond acceptors (Lipinski definition) is 6. The highest BCUT2D eigenvalue weighted by Gasteiger charge is 2.36. The van der Waals surface area contributed by atoms with Crippen molar-refractivity contribution in [3.8, 4) is 22.5 Å². The Morgan fingerprint density at radius 1 is 0.533 bits per heavy atom. The Kier molecular flexibility index (Phi) is 13.6. The first-order valence-corrected chi connectivity index (χ1v) is 26.6. The average Bonchev–Trinajstić information content (AvgIpc) is 3.81. The van der Waals surface area contributed by atoms with E-state index in [1.165, 1.54) is 56.8 Å². The maximum Gasteiger partial charge on any atom is 0.337 e. The van der Waals surface area contributed by atoms with Gasteiger partial charge in [0.05, 0.1) is 48.3 Å². The van der Waals surface area contributed by atoms with E-state index in [2.05, 4.69) is 27.3 Å². The normalized spacial score (nSPS) is 17.7. The van der Waals surface area contributed by atoms with Crippen molar-refractivity contribution in [1.82, 2.24) is 18.9 Å². The van der Waals surface area contributed by atoms with Crippen LogP contribution < -0.4 is 0 Å². The van der Waals surface area contributed by atoms with Gasteiger partial charge in [0.1, 0.15) is 0 Å². The van der Waals surface area contributed by atoms with Crippen molar-refractivity contribution in [2.24, 2.45) is 0 Å². The first-order chi connectivity index (χ1) is 36.5. The number of esters is 1. The number of nitrogens with zero attached hydrogens (tertiary/aromatic N) is 4. The summed E-state index contributed by atoms with van der Waals surface area (Å²) in [5.74, 6) is -1.51. The molecule has 0 radical (unpaired) electrons. The minimum atomic E-state index is -0.959. The molecule has 5 heterocycles. The molecule has 7 aromatic rings. The number of rotatable bonds is 7. The number of ether oxygens (including phenoxy) is 1. The van der Waals surface area contributed by atoms with Gasteiger partial charge in [-0.2, -0.15) is 0 Å². The van der Waals surface area contributed by atoms with Gasteiger partial charge in [-0.15, -0.1) is 0 Å². The number of amides is 2. The molecule has 0 spiro atoms. The lowest BCUT2D eigenvalue weighted by molar-refractivity contribution is -0.133. The highest BCUT2D eigenvalue weighted by atomic mass is 16.5. The summed E-state index contributed by atoms with van der Waals surface area (Å²) in [6.45, 7) is 4.00. The summed E-state index contributed by atoms with van der Waals surface area (Å²) in [4.78, 5) is 67.6. The first-order valence-electron chi connectivity index (χ1n) is 26.6. The van der Waals surface area contributed by atoms with Crippen LogP contribution in [-0.4, -0.2) is 91.7 Å². The number of carbonyl (C=O) groups excluding carboxylic acids is 3. The lowest BCUT2D eigenvalue weighted by Gasteiger charge is -2.40. The second-order valence-corrected chi connectivity index (χ2v) is 20.9. The predicted molar refractivity (Wildman–Crippen MR) is 292 cm³/mol. The topological polar surface area (TPSA) is 151 Å². The lowest BCUT2D eigenvalue weighted by atomic mass is 9.81. The number of piperazine rings is 1. The molecule has 2 N–H and O–H groups in total. The SMILES string of the molecule is COC(=O)c1ccc2c(C3CCCCC3)c3n(c2c1)CC(C(=O)O)=Cc1ccccc1-3.C[C@@H]1CN(C(=O)c2ccccc2)CCN1C(=O)C1=Cc2ccccc2-c2c(C3CCCCC3)c3ccc(C(=O)O)cc3n2C1. The van der Waals surface area contributed by atoms with Gasteiger partial charge < -0.3 is 33.9 Å². The van der Waals surface area contributed by atoms with Gasteiger partial charge in [-0.05, 0) is 115 Å². The van der Waals surface area contributed by atoms with E-state index < -0.39 is 11.9 Å². The minimum absolute atomic E-state index is 0.0138. The third-order valence-corrected chi connectivity index (χ3v) is 16.4. The molecule has 3 fully saturated rings. The zero-order valence-corrected chi connectivity index (χ0v) is 42.6. The number of benzene rings is 5. The Labute approximate surface area is 436 Å². The van der Waals surface area contributed by atoms with Crippen molar-refractivity contribution < 1.29 is 38.9 Å². The third kappa shape index (κ3) is 9.25. The van der Waals surface area contributed by atoms with Crippen molar-refractivity contribution >= 4 is 63.7 Å². The van der Waals surface area contributed by atoms with Crippen molar-refractivity contribution in [2.75, 3.05) is 26.7 Å². The number of hydrogen-bond donors (Lipinski definition) is 2. The molecule has 5 aromatic carbocycles. The van der Waals surface area contributed by atoms with Crippen LogP contribution in [0.2, 0.25) is 0 Å². The molecule has 2 saturated carbocycles. The summed E-state index contributed by atoms with van der Waals surface area (Å²) in [6, 6.07) is 36.5. The van der Waals surface area contributed by atoms with Crippen LogP contribution in [0.5, 0.6) is 0 Å². The fraction of sp³-hybridized carbons (Fsp3) is 0.317. The van der Waals surface area contributed by atoms with Gasteiger partial charge in [0, 0.05) is 69.7 Å². The molecule has 0 unspecified atom stereocenters. The zero-order valence-electron chi connectivity index (χ0n) is 42.6. The third-order valence-electron chi connectivity index (χ3n) is 16.4. The maximum atomic E-state index is 14.3. The van der Waals surface area contributed by atoms with Crippen LogP contribution in [0.25, 0.3) is 56.5 Å². The van der Waals surface area contributed by atoms with Crippen LogP contribution in [-0.2, 0) is 27.4 Å². The number of carboxylic acid groups (broad SMARTS) is 2. The second-order valence-electron chi connectivity index (χ2n) is 20.9. The molecule has 5 aliphatic rings. The van der Waals surface area contributed by atoms with Crippen LogP contribution in [0.3, 0.4) is 0 Å². The van der Waals surface area contributed by atoms with E-state index in [1.807, 2.05) is 108 Å². The largest absolute Gasteiger partial charge is 0.478 e. The van der Waals surface area contributed by atoms with E-state index in [-0.39, 0.29) is 35.9 Å². The quantitative estimate of drug-likeness (QED) is 0.150. The summed E-state index contributed by atoms with van der Waals surface area (Å²) in [5.41, 5.74) is 13.0. The predicted octanol–water partition coefficient (Wildman–Crippen LogP) is 12.4. The fourth-order valence-corrected chi connectivity index (χ4v) is 12.8. The Morgan fingerprint density at radius 2 is 1.04 bits per heavy atom. The molecule has 1 atom stereocenters. The zero-order chi connectivity index (χ0) is 51.9. The number of fused-ring (bicyclic) bond motifs is 10. The Balaban J connectivity index is 0.000000171. The van der Waals surface area contributed by atoms with E-state index in [0.29, 0.717) is 60.3 Å². The molecule has 2 aliphatic carbocycles. The minimum Gasteiger partial charge on any atom is -0.478 e. The molecule has 2 aromatic heterocycles.